The Hall–Kier alpha value is -0.770. The SMILES string of the molecule is CC1(C)CNCCN1C(=O)c1cc(Cl)ccc1Cl. The predicted molar refractivity (Wildman–Crippen MR) is 74.4 cm³/mol. The molecule has 98 valence electrons. The standard InChI is InChI=1S/C13H16Cl2N2O/c1-13(2)8-16-5-6-17(13)12(18)10-7-9(14)3-4-11(10)15/h3-4,7,16H,5-6,8H2,1-2H3. The molecule has 1 aromatic carbocycles. The molecule has 0 spiro atoms. The van der Waals surface area contributed by atoms with Gasteiger partial charge in [-0.05, 0) is 32.0 Å². The van der Waals surface area contributed by atoms with Crippen molar-refractivity contribution in [1.29, 1.82) is 0 Å². The minimum absolute atomic E-state index is 0.0611. The molecular formula is C13H16Cl2N2O. The topological polar surface area (TPSA) is 32.3 Å². The molecule has 0 aromatic heterocycles. The van der Waals surface area contributed by atoms with Crippen molar-refractivity contribution in [2.24, 2.45) is 0 Å². The molecule has 0 aliphatic carbocycles. The third-order valence-electron chi connectivity index (χ3n) is 3.20. The van der Waals surface area contributed by atoms with E-state index in [2.05, 4.69) is 5.32 Å². The Balaban J connectivity index is 2.33. The van der Waals surface area contributed by atoms with Crippen LogP contribution in [0.5, 0.6) is 0 Å². The number of carbonyl (C=O) groups excluding carboxylic acids is 1. The van der Waals surface area contributed by atoms with Gasteiger partial charge in [-0.2, -0.15) is 0 Å². The summed E-state index contributed by atoms with van der Waals surface area (Å²) in [7, 11) is 0. The number of nitrogens with zero attached hydrogens (tertiary/aromatic N) is 1. The van der Waals surface area contributed by atoms with Crippen LogP contribution >= 0.6 is 23.2 Å². The predicted octanol–water partition coefficient (Wildman–Crippen LogP) is 2.82. The number of nitrogens with one attached hydrogen (secondary N) is 1. The smallest absolute Gasteiger partial charge is 0.255 e. The second-order valence-electron chi connectivity index (χ2n) is 5.07. The quantitative estimate of drug-likeness (QED) is 0.861. The van der Waals surface area contributed by atoms with Crippen molar-refractivity contribution in [1.82, 2.24) is 10.2 Å². The van der Waals surface area contributed by atoms with E-state index in [1.54, 1.807) is 18.2 Å². The van der Waals surface area contributed by atoms with Gasteiger partial charge in [0.15, 0.2) is 0 Å². The van der Waals surface area contributed by atoms with Crippen molar-refractivity contribution in [3.8, 4) is 0 Å². The molecule has 1 heterocycles. The van der Waals surface area contributed by atoms with Crippen LogP contribution in [-0.2, 0) is 0 Å². The van der Waals surface area contributed by atoms with E-state index in [-0.39, 0.29) is 11.4 Å². The summed E-state index contributed by atoms with van der Waals surface area (Å²) in [5.41, 5.74) is 0.250. The van der Waals surface area contributed by atoms with Gasteiger partial charge >= 0.3 is 0 Å². The first-order chi connectivity index (χ1) is 8.42. The van der Waals surface area contributed by atoms with Crippen LogP contribution in [0.3, 0.4) is 0 Å². The summed E-state index contributed by atoms with van der Waals surface area (Å²) in [4.78, 5) is 14.4. The molecule has 0 atom stereocenters. The molecule has 0 bridgehead atoms. The fourth-order valence-corrected chi connectivity index (χ4v) is 2.54. The lowest BCUT2D eigenvalue weighted by atomic mass is 9.98. The zero-order chi connectivity index (χ0) is 13.3. The third kappa shape index (κ3) is 2.63. The summed E-state index contributed by atoms with van der Waals surface area (Å²) in [6.07, 6.45) is 0. The third-order valence-corrected chi connectivity index (χ3v) is 3.77. The van der Waals surface area contributed by atoms with Gasteiger partial charge in [0.05, 0.1) is 16.1 Å². The maximum atomic E-state index is 12.5. The van der Waals surface area contributed by atoms with E-state index in [0.717, 1.165) is 13.1 Å². The van der Waals surface area contributed by atoms with Crippen LogP contribution in [0.2, 0.25) is 10.0 Å². The van der Waals surface area contributed by atoms with E-state index in [1.807, 2.05) is 18.7 Å². The van der Waals surface area contributed by atoms with Gasteiger partial charge in [0.2, 0.25) is 0 Å². The lowest BCUT2D eigenvalue weighted by Crippen LogP contribution is -2.59. The number of rotatable bonds is 1. The number of benzene rings is 1. The van der Waals surface area contributed by atoms with Gasteiger partial charge in [0.25, 0.3) is 5.91 Å². The van der Waals surface area contributed by atoms with Crippen LogP contribution in [0.25, 0.3) is 0 Å². The van der Waals surface area contributed by atoms with Crippen LogP contribution in [0.4, 0.5) is 0 Å². The molecular weight excluding hydrogens is 271 g/mol. The first kappa shape index (κ1) is 13.7. The zero-order valence-electron chi connectivity index (χ0n) is 10.5. The van der Waals surface area contributed by atoms with Gasteiger partial charge in [-0.3, -0.25) is 4.79 Å². The summed E-state index contributed by atoms with van der Waals surface area (Å²) in [5.74, 6) is -0.0611. The fourth-order valence-electron chi connectivity index (χ4n) is 2.17. The van der Waals surface area contributed by atoms with Crippen molar-refractivity contribution in [2.75, 3.05) is 19.6 Å². The lowest BCUT2D eigenvalue weighted by molar-refractivity contribution is 0.0477. The number of halogens is 2. The lowest BCUT2D eigenvalue weighted by Gasteiger charge is -2.43. The molecule has 3 nitrogen and oxygen atoms in total. The first-order valence-corrected chi connectivity index (χ1v) is 6.65. The largest absolute Gasteiger partial charge is 0.331 e. The molecule has 0 unspecified atom stereocenters. The Morgan fingerprint density at radius 2 is 2.11 bits per heavy atom. The van der Waals surface area contributed by atoms with Crippen molar-refractivity contribution < 1.29 is 4.79 Å². The van der Waals surface area contributed by atoms with Gasteiger partial charge in [0, 0.05) is 24.7 Å². The van der Waals surface area contributed by atoms with E-state index in [4.69, 9.17) is 23.2 Å². The number of carbonyl (C=O) groups is 1. The summed E-state index contributed by atoms with van der Waals surface area (Å²) in [6, 6.07) is 4.97. The number of amides is 1. The van der Waals surface area contributed by atoms with Crippen molar-refractivity contribution in [3.05, 3.63) is 33.8 Å². The Morgan fingerprint density at radius 3 is 2.78 bits per heavy atom. The summed E-state index contributed by atoms with van der Waals surface area (Å²) in [6.45, 7) is 6.32. The first-order valence-electron chi connectivity index (χ1n) is 5.89. The molecule has 5 heteroatoms. The highest BCUT2D eigenvalue weighted by atomic mass is 35.5. The molecule has 1 aromatic rings. The Morgan fingerprint density at radius 1 is 1.39 bits per heavy atom. The molecule has 0 saturated carbocycles. The van der Waals surface area contributed by atoms with Crippen molar-refractivity contribution in [3.63, 3.8) is 0 Å². The number of hydrogen-bond donors (Lipinski definition) is 1. The number of piperazine rings is 1. The van der Waals surface area contributed by atoms with Gasteiger partial charge in [-0.1, -0.05) is 23.2 Å². The van der Waals surface area contributed by atoms with Gasteiger partial charge < -0.3 is 10.2 Å². The van der Waals surface area contributed by atoms with Crippen LogP contribution in [-0.4, -0.2) is 36.0 Å². The summed E-state index contributed by atoms with van der Waals surface area (Å²) < 4.78 is 0. The Bertz CT molecular complexity index is 474. The van der Waals surface area contributed by atoms with E-state index in [0.29, 0.717) is 22.2 Å². The molecule has 2 rings (SSSR count). The molecule has 1 N–H and O–H groups in total. The van der Waals surface area contributed by atoms with E-state index in [1.165, 1.54) is 0 Å². The Labute approximate surface area is 117 Å². The van der Waals surface area contributed by atoms with Crippen LogP contribution < -0.4 is 5.32 Å². The van der Waals surface area contributed by atoms with E-state index >= 15 is 0 Å². The average molecular weight is 287 g/mol. The second kappa shape index (κ2) is 5.08. The maximum absolute atomic E-state index is 12.5. The molecule has 0 radical (unpaired) electrons. The molecule has 1 saturated heterocycles. The minimum atomic E-state index is -0.221. The van der Waals surface area contributed by atoms with Crippen LogP contribution in [0, 0.1) is 0 Å². The Kier molecular flexibility index (Phi) is 3.85. The highest BCUT2D eigenvalue weighted by Gasteiger charge is 2.34. The molecule has 1 fully saturated rings. The minimum Gasteiger partial charge on any atom is -0.331 e. The maximum Gasteiger partial charge on any atom is 0.255 e. The van der Waals surface area contributed by atoms with Crippen LogP contribution in [0.15, 0.2) is 18.2 Å². The monoisotopic (exact) mass is 286 g/mol. The highest BCUT2D eigenvalue weighted by molar-refractivity contribution is 6.35. The molecule has 1 aliphatic heterocycles. The van der Waals surface area contributed by atoms with E-state index < -0.39 is 0 Å². The average Bonchev–Trinajstić information content (AvgIpc) is 2.31. The summed E-state index contributed by atoms with van der Waals surface area (Å²) >= 11 is 12.0. The van der Waals surface area contributed by atoms with Gasteiger partial charge in [0.1, 0.15) is 0 Å². The fraction of sp³-hybridized carbons (Fsp3) is 0.462. The number of hydrogen-bond acceptors (Lipinski definition) is 2. The molecule has 1 aliphatic rings. The van der Waals surface area contributed by atoms with Crippen LogP contribution in [0.1, 0.15) is 24.2 Å². The molecule has 1 amide bonds. The van der Waals surface area contributed by atoms with Gasteiger partial charge in [-0.25, -0.2) is 0 Å². The van der Waals surface area contributed by atoms with Gasteiger partial charge in [-0.15, -0.1) is 0 Å². The second-order valence-corrected chi connectivity index (χ2v) is 5.91. The summed E-state index contributed by atoms with van der Waals surface area (Å²) in [5, 5.41) is 4.25. The normalized spacial score (nSPS) is 18.8. The highest BCUT2D eigenvalue weighted by Crippen LogP contribution is 2.25. The van der Waals surface area contributed by atoms with Crippen molar-refractivity contribution in [2.45, 2.75) is 19.4 Å². The van der Waals surface area contributed by atoms with Crippen molar-refractivity contribution >= 4 is 29.1 Å². The zero-order valence-corrected chi connectivity index (χ0v) is 12.0. The molecule has 18 heavy (non-hydrogen) atoms. The van der Waals surface area contributed by atoms with E-state index in [9.17, 15) is 4.79 Å².